The number of hydrogen-bond acceptors (Lipinski definition) is 3. The Morgan fingerprint density at radius 3 is 2.38 bits per heavy atom. The Bertz CT molecular complexity index is 753. The highest BCUT2D eigenvalue weighted by molar-refractivity contribution is 5.33. The van der Waals surface area contributed by atoms with Crippen molar-refractivity contribution in [2.45, 2.75) is 37.8 Å². The lowest BCUT2D eigenvalue weighted by Gasteiger charge is -2.37. The van der Waals surface area contributed by atoms with E-state index in [1.807, 2.05) is 18.2 Å². The molecule has 1 heterocycles. The lowest BCUT2D eigenvalue weighted by Crippen LogP contribution is -2.41. The summed E-state index contributed by atoms with van der Waals surface area (Å²) in [6.07, 6.45) is 1.81. The van der Waals surface area contributed by atoms with Crippen molar-refractivity contribution < 1.29 is 0 Å². The average molecular weight is 348 g/mol. The van der Waals surface area contributed by atoms with Crippen molar-refractivity contribution in [3.8, 4) is 6.07 Å². The van der Waals surface area contributed by atoms with E-state index in [1.165, 1.54) is 16.7 Å². The molecule has 3 rings (SSSR count). The molecule has 136 valence electrons. The van der Waals surface area contributed by atoms with Crippen LogP contribution in [0.4, 0.5) is 0 Å². The summed E-state index contributed by atoms with van der Waals surface area (Å²) in [7, 11) is 4.24. The molecule has 0 bridgehead atoms. The Hall–Kier alpha value is -2.15. The van der Waals surface area contributed by atoms with Crippen LogP contribution in [0, 0.1) is 11.3 Å². The van der Waals surface area contributed by atoms with E-state index in [0.29, 0.717) is 6.04 Å². The van der Waals surface area contributed by atoms with Crippen LogP contribution in [0.1, 0.15) is 42.5 Å². The van der Waals surface area contributed by atoms with Crippen molar-refractivity contribution in [1.29, 1.82) is 5.26 Å². The SMILES string of the molecule is C[C@@H](c1cccc(CN2CCC(C#N)(c3ccccc3)CC2)c1)N(C)C. The molecule has 1 atom stereocenters. The van der Waals surface area contributed by atoms with Gasteiger partial charge in [-0.25, -0.2) is 0 Å². The van der Waals surface area contributed by atoms with Gasteiger partial charge in [0, 0.05) is 25.7 Å². The molecule has 0 aromatic heterocycles. The fourth-order valence-electron chi connectivity index (χ4n) is 3.82. The van der Waals surface area contributed by atoms with Gasteiger partial charge in [0.05, 0.1) is 11.5 Å². The smallest absolute Gasteiger partial charge is 0.0846 e. The third-order valence-corrected chi connectivity index (χ3v) is 5.86. The largest absolute Gasteiger partial charge is 0.303 e. The number of hydrogen-bond donors (Lipinski definition) is 0. The van der Waals surface area contributed by atoms with Gasteiger partial charge in [0.1, 0.15) is 0 Å². The Morgan fingerprint density at radius 2 is 1.77 bits per heavy atom. The number of piperidine rings is 1. The Morgan fingerprint density at radius 1 is 1.08 bits per heavy atom. The average Bonchev–Trinajstić information content (AvgIpc) is 2.69. The van der Waals surface area contributed by atoms with E-state index >= 15 is 0 Å². The first-order chi connectivity index (χ1) is 12.5. The third kappa shape index (κ3) is 3.98. The molecule has 0 amide bonds. The van der Waals surface area contributed by atoms with Crippen LogP contribution in [0.3, 0.4) is 0 Å². The van der Waals surface area contributed by atoms with Gasteiger partial charge in [0.25, 0.3) is 0 Å². The number of nitriles is 1. The van der Waals surface area contributed by atoms with Crippen LogP contribution in [0.5, 0.6) is 0 Å². The van der Waals surface area contributed by atoms with Gasteiger partial charge in [0.15, 0.2) is 0 Å². The van der Waals surface area contributed by atoms with Gasteiger partial charge in [-0.2, -0.15) is 5.26 Å². The Kier molecular flexibility index (Phi) is 5.76. The highest BCUT2D eigenvalue weighted by Gasteiger charge is 2.36. The van der Waals surface area contributed by atoms with Crippen molar-refractivity contribution in [2.75, 3.05) is 27.2 Å². The monoisotopic (exact) mass is 347 g/mol. The number of likely N-dealkylation sites (tertiary alicyclic amines) is 1. The van der Waals surface area contributed by atoms with Crippen LogP contribution >= 0.6 is 0 Å². The summed E-state index contributed by atoms with van der Waals surface area (Å²) >= 11 is 0. The van der Waals surface area contributed by atoms with E-state index in [-0.39, 0.29) is 5.41 Å². The fourth-order valence-corrected chi connectivity index (χ4v) is 3.82. The molecule has 3 heteroatoms. The topological polar surface area (TPSA) is 30.3 Å². The number of benzene rings is 2. The van der Waals surface area contributed by atoms with Gasteiger partial charge in [-0.15, -0.1) is 0 Å². The van der Waals surface area contributed by atoms with Crippen molar-refractivity contribution in [3.05, 3.63) is 71.3 Å². The maximum absolute atomic E-state index is 9.85. The molecule has 1 saturated heterocycles. The molecule has 3 nitrogen and oxygen atoms in total. The molecule has 0 N–H and O–H groups in total. The molecule has 1 aliphatic heterocycles. The Balaban J connectivity index is 1.66. The number of nitrogens with zero attached hydrogens (tertiary/aromatic N) is 3. The summed E-state index contributed by atoms with van der Waals surface area (Å²) in [4.78, 5) is 4.72. The molecule has 2 aromatic rings. The number of rotatable bonds is 5. The fraction of sp³-hybridized carbons (Fsp3) is 0.435. The van der Waals surface area contributed by atoms with Crippen LogP contribution in [-0.2, 0) is 12.0 Å². The zero-order valence-corrected chi connectivity index (χ0v) is 16.2. The molecule has 0 radical (unpaired) electrons. The van der Waals surface area contributed by atoms with Gasteiger partial charge in [-0.1, -0.05) is 54.6 Å². The lowest BCUT2D eigenvalue weighted by atomic mass is 9.74. The summed E-state index contributed by atoms with van der Waals surface area (Å²) in [5.41, 5.74) is 3.57. The van der Waals surface area contributed by atoms with Crippen molar-refractivity contribution >= 4 is 0 Å². The zero-order chi connectivity index (χ0) is 18.6. The quantitative estimate of drug-likeness (QED) is 0.805. The maximum atomic E-state index is 9.85. The summed E-state index contributed by atoms with van der Waals surface area (Å²) in [6, 6.07) is 22.3. The van der Waals surface area contributed by atoms with Crippen LogP contribution in [-0.4, -0.2) is 37.0 Å². The van der Waals surface area contributed by atoms with Crippen LogP contribution in [0.2, 0.25) is 0 Å². The first-order valence-electron chi connectivity index (χ1n) is 9.48. The normalized spacial score (nSPS) is 18.4. The third-order valence-electron chi connectivity index (χ3n) is 5.86. The molecule has 2 aromatic carbocycles. The second-order valence-electron chi connectivity index (χ2n) is 7.72. The minimum absolute atomic E-state index is 0.320. The molecule has 1 aliphatic rings. The van der Waals surface area contributed by atoms with E-state index in [1.54, 1.807) is 0 Å². The Labute approximate surface area is 157 Å². The summed E-state index contributed by atoms with van der Waals surface area (Å²) in [5, 5.41) is 9.85. The first-order valence-corrected chi connectivity index (χ1v) is 9.48. The minimum Gasteiger partial charge on any atom is -0.303 e. The van der Waals surface area contributed by atoms with Gasteiger partial charge in [-0.3, -0.25) is 4.90 Å². The predicted octanol–water partition coefficient (Wildman–Crippen LogP) is 4.37. The summed E-state index contributed by atoms with van der Waals surface area (Å²) < 4.78 is 0. The molecule has 26 heavy (non-hydrogen) atoms. The van der Waals surface area contributed by atoms with Gasteiger partial charge in [0.2, 0.25) is 0 Å². The van der Waals surface area contributed by atoms with E-state index in [4.69, 9.17) is 0 Å². The highest BCUT2D eigenvalue weighted by atomic mass is 15.1. The first kappa shape index (κ1) is 18.6. The van der Waals surface area contributed by atoms with Crippen molar-refractivity contribution in [1.82, 2.24) is 9.80 Å². The second-order valence-corrected chi connectivity index (χ2v) is 7.72. The van der Waals surface area contributed by atoms with Gasteiger partial charge >= 0.3 is 0 Å². The molecule has 0 spiro atoms. The molecule has 0 unspecified atom stereocenters. The van der Waals surface area contributed by atoms with E-state index in [0.717, 1.165) is 32.5 Å². The molecule has 0 aliphatic carbocycles. The second kappa shape index (κ2) is 8.03. The lowest BCUT2D eigenvalue weighted by molar-refractivity contribution is 0.179. The highest BCUT2D eigenvalue weighted by Crippen LogP contribution is 2.35. The zero-order valence-electron chi connectivity index (χ0n) is 16.2. The van der Waals surface area contributed by atoms with Gasteiger partial charge < -0.3 is 4.90 Å². The van der Waals surface area contributed by atoms with Crippen molar-refractivity contribution in [3.63, 3.8) is 0 Å². The van der Waals surface area contributed by atoms with Crippen LogP contribution in [0.25, 0.3) is 0 Å². The van der Waals surface area contributed by atoms with Gasteiger partial charge in [-0.05, 0) is 50.6 Å². The molecule has 0 saturated carbocycles. The maximum Gasteiger partial charge on any atom is 0.0846 e. The minimum atomic E-state index is -0.320. The van der Waals surface area contributed by atoms with E-state index < -0.39 is 0 Å². The summed E-state index contributed by atoms with van der Waals surface area (Å²) in [5.74, 6) is 0. The van der Waals surface area contributed by atoms with E-state index in [9.17, 15) is 5.26 Å². The van der Waals surface area contributed by atoms with Crippen LogP contribution < -0.4 is 0 Å². The predicted molar refractivity (Wildman–Crippen MR) is 107 cm³/mol. The van der Waals surface area contributed by atoms with Crippen LogP contribution in [0.15, 0.2) is 54.6 Å². The molecular formula is C23H29N3. The standard InChI is InChI=1S/C23H29N3/c1-19(25(2)3)21-9-7-8-20(16-21)17-26-14-12-23(18-24,13-15-26)22-10-5-4-6-11-22/h4-11,16,19H,12-15,17H2,1-3H3/t19-/m0/s1. The van der Waals surface area contributed by atoms with E-state index in [2.05, 4.69) is 73.3 Å². The molecule has 1 fully saturated rings. The van der Waals surface area contributed by atoms with Crippen molar-refractivity contribution in [2.24, 2.45) is 0 Å². The summed E-state index contributed by atoms with van der Waals surface area (Å²) in [6.45, 7) is 5.14. The molecular weight excluding hydrogens is 318 g/mol.